The Bertz CT molecular complexity index is 677. The molecule has 1 fully saturated rings. The lowest BCUT2D eigenvalue weighted by Crippen LogP contribution is -2.45. The summed E-state index contributed by atoms with van der Waals surface area (Å²) in [6, 6.07) is 18.3. The molecule has 138 valence electrons. The molecule has 1 aliphatic carbocycles. The van der Waals surface area contributed by atoms with Crippen LogP contribution in [0.1, 0.15) is 37.3 Å². The predicted molar refractivity (Wildman–Crippen MR) is 102 cm³/mol. The van der Waals surface area contributed by atoms with E-state index in [9.17, 15) is 9.90 Å². The largest absolute Gasteiger partial charge is 0.458 e. The number of aliphatic hydroxyl groups is 1. The summed E-state index contributed by atoms with van der Waals surface area (Å²) in [4.78, 5) is 15.4. The van der Waals surface area contributed by atoms with E-state index >= 15 is 0 Å². The molecular weight excluding hydrogens is 326 g/mol. The first-order valence-electron chi connectivity index (χ1n) is 9.32. The molecule has 0 bridgehead atoms. The highest BCUT2D eigenvalue weighted by Crippen LogP contribution is 2.34. The quantitative estimate of drug-likeness (QED) is 0.809. The van der Waals surface area contributed by atoms with Crippen LogP contribution in [-0.4, -0.2) is 41.7 Å². The molecule has 2 atom stereocenters. The normalized spacial score (nSPS) is 20.3. The Balaban J connectivity index is 1.92. The lowest BCUT2D eigenvalue weighted by Gasteiger charge is -2.32. The molecule has 0 aliphatic heterocycles. The molecular formula is C22H27NO3. The fraction of sp³-hybridized carbons (Fsp3) is 0.409. The third kappa shape index (κ3) is 3.53. The molecule has 0 radical (unpaired) electrons. The van der Waals surface area contributed by atoms with Gasteiger partial charge >= 0.3 is 5.97 Å². The molecule has 26 heavy (non-hydrogen) atoms. The van der Waals surface area contributed by atoms with Crippen LogP contribution in [0.4, 0.5) is 0 Å². The van der Waals surface area contributed by atoms with Crippen molar-refractivity contribution in [2.45, 2.75) is 43.9 Å². The zero-order valence-corrected chi connectivity index (χ0v) is 15.5. The van der Waals surface area contributed by atoms with E-state index < -0.39 is 11.6 Å². The molecule has 2 unspecified atom stereocenters. The number of hydrogen-bond donors (Lipinski definition) is 1. The van der Waals surface area contributed by atoms with Gasteiger partial charge < -0.3 is 14.7 Å². The van der Waals surface area contributed by atoms with E-state index in [0.29, 0.717) is 11.1 Å². The van der Waals surface area contributed by atoms with E-state index in [0.717, 1.165) is 25.8 Å². The van der Waals surface area contributed by atoms with Crippen LogP contribution in [0.2, 0.25) is 0 Å². The Labute approximate surface area is 155 Å². The lowest BCUT2D eigenvalue weighted by atomic mass is 9.86. The molecule has 1 saturated carbocycles. The summed E-state index contributed by atoms with van der Waals surface area (Å²) >= 11 is 0. The molecule has 3 rings (SSSR count). The number of ether oxygens (including phenoxy) is 1. The lowest BCUT2D eigenvalue weighted by molar-refractivity contribution is -0.170. The zero-order chi connectivity index (χ0) is 18.6. The van der Waals surface area contributed by atoms with Gasteiger partial charge in [0, 0.05) is 6.04 Å². The Hall–Kier alpha value is -2.17. The molecule has 0 aromatic heterocycles. The van der Waals surface area contributed by atoms with Crippen LogP contribution in [0.15, 0.2) is 60.7 Å². The van der Waals surface area contributed by atoms with Crippen molar-refractivity contribution >= 4 is 5.97 Å². The molecule has 0 amide bonds. The highest BCUT2D eigenvalue weighted by molar-refractivity contribution is 5.85. The maximum absolute atomic E-state index is 13.2. The van der Waals surface area contributed by atoms with Gasteiger partial charge in [-0.05, 0) is 44.0 Å². The molecule has 2 aromatic rings. The van der Waals surface area contributed by atoms with Gasteiger partial charge in [-0.1, -0.05) is 67.6 Å². The van der Waals surface area contributed by atoms with Gasteiger partial charge in [0.25, 0.3) is 0 Å². The van der Waals surface area contributed by atoms with Crippen molar-refractivity contribution in [1.82, 2.24) is 4.90 Å². The molecule has 1 aliphatic rings. The number of carbonyl (C=O) groups is 1. The Morgan fingerprint density at radius 2 is 1.62 bits per heavy atom. The van der Waals surface area contributed by atoms with Gasteiger partial charge in [0.2, 0.25) is 5.60 Å². The van der Waals surface area contributed by atoms with Gasteiger partial charge in [-0.3, -0.25) is 0 Å². The summed E-state index contributed by atoms with van der Waals surface area (Å²) in [6.45, 7) is 3.00. The van der Waals surface area contributed by atoms with Crippen LogP contribution in [0, 0.1) is 0 Å². The summed E-state index contributed by atoms with van der Waals surface area (Å²) in [5.41, 5.74) is -0.760. The van der Waals surface area contributed by atoms with E-state index in [2.05, 4.69) is 18.9 Å². The smallest absolute Gasteiger partial charge is 0.348 e. The molecule has 1 N–H and O–H groups in total. The third-order valence-electron chi connectivity index (χ3n) is 5.42. The van der Waals surface area contributed by atoms with Crippen molar-refractivity contribution in [1.29, 1.82) is 0 Å². The van der Waals surface area contributed by atoms with E-state index in [1.807, 2.05) is 36.4 Å². The Morgan fingerprint density at radius 1 is 1.08 bits per heavy atom. The molecule has 4 nitrogen and oxygen atoms in total. The summed E-state index contributed by atoms with van der Waals surface area (Å²) in [6.07, 6.45) is 2.69. The minimum absolute atomic E-state index is 0.189. The van der Waals surface area contributed by atoms with Crippen molar-refractivity contribution in [3.8, 4) is 0 Å². The van der Waals surface area contributed by atoms with Crippen LogP contribution in [0.3, 0.4) is 0 Å². The van der Waals surface area contributed by atoms with Crippen molar-refractivity contribution in [3.63, 3.8) is 0 Å². The molecule has 0 heterocycles. The standard InChI is InChI=1S/C22H27NO3/c1-3-23(2)19-15-10-16-20(19)26-21(24)22(25,17-11-6-4-7-12-17)18-13-8-5-9-14-18/h4-9,11-14,19-20,25H,3,10,15-16H2,1-2H3. The minimum Gasteiger partial charge on any atom is -0.458 e. The molecule has 0 spiro atoms. The number of rotatable bonds is 6. The monoisotopic (exact) mass is 353 g/mol. The van der Waals surface area contributed by atoms with E-state index in [1.54, 1.807) is 24.3 Å². The third-order valence-corrected chi connectivity index (χ3v) is 5.42. The van der Waals surface area contributed by atoms with Crippen LogP contribution in [-0.2, 0) is 15.1 Å². The molecule has 2 aromatic carbocycles. The minimum atomic E-state index is -1.81. The first-order chi connectivity index (χ1) is 12.6. The second kappa shape index (κ2) is 8.02. The Kier molecular flexibility index (Phi) is 5.74. The van der Waals surface area contributed by atoms with Gasteiger partial charge in [-0.25, -0.2) is 4.79 Å². The van der Waals surface area contributed by atoms with Gasteiger partial charge in [0.05, 0.1) is 0 Å². The van der Waals surface area contributed by atoms with Gasteiger partial charge in [0.15, 0.2) is 0 Å². The topological polar surface area (TPSA) is 49.8 Å². The second-order valence-electron chi connectivity index (χ2n) is 6.96. The maximum atomic E-state index is 13.2. The van der Waals surface area contributed by atoms with Crippen molar-refractivity contribution in [2.24, 2.45) is 0 Å². The second-order valence-corrected chi connectivity index (χ2v) is 6.96. The average molecular weight is 353 g/mol. The fourth-order valence-electron chi connectivity index (χ4n) is 3.77. The van der Waals surface area contributed by atoms with E-state index in [1.165, 1.54) is 0 Å². The zero-order valence-electron chi connectivity index (χ0n) is 15.5. The van der Waals surface area contributed by atoms with Crippen LogP contribution < -0.4 is 0 Å². The van der Waals surface area contributed by atoms with Crippen LogP contribution >= 0.6 is 0 Å². The van der Waals surface area contributed by atoms with Gasteiger partial charge in [0.1, 0.15) is 6.10 Å². The number of esters is 1. The van der Waals surface area contributed by atoms with Crippen molar-refractivity contribution in [3.05, 3.63) is 71.8 Å². The summed E-state index contributed by atoms with van der Waals surface area (Å²) in [5, 5.41) is 11.5. The van der Waals surface area contributed by atoms with Gasteiger partial charge in [-0.2, -0.15) is 0 Å². The summed E-state index contributed by atoms with van der Waals surface area (Å²) < 4.78 is 5.89. The average Bonchev–Trinajstić information content (AvgIpc) is 3.16. The number of likely N-dealkylation sites (N-methyl/N-ethyl adjacent to an activating group) is 1. The maximum Gasteiger partial charge on any atom is 0.348 e. The first kappa shape index (κ1) is 18.6. The van der Waals surface area contributed by atoms with Crippen molar-refractivity contribution in [2.75, 3.05) is 13.6 Å². The first-order valence-corrected chi connectivity index (χ1v) is 9.32. The van der Waals surface area contributed by atoms with Crippen LogP contribution in [0.25, 0.3) is 0 Å². The predicted octanol–water partition coefficient (Wildman–Crippen LogP) is 3.34. The number of benzene rings is 2. The number of hydrogen-bond acceptors (Lipinski definition) is 4. The SMILES string of the molecule is CCN(C)C1CCCC1OC(=O)C(O)(c1ccccc1)c1ccccc1. The van der Waals surface area contributed by atoms with Gasteiger partial charge in [-0.15, -0.1) is 0 Å². The summed E-state index contributed by atoms with van der Waals surface area (Å²) in [5.74, 6) is -0.601. The fourth-order valence-corrected chi connectivity index (χ4v) is 3.77. The van der Waals surface area contributed by atoms with Crippen molar-refractivity contribution < 1.29 is 14.6 Å². The summed E-state index contributed by atoms with van der Waals surface area (Å²) in [7, 11) is 2.05. The number of nitrogens with zero attached hydrogens (tertiary/aromatic N) is 1. The molecule has 4 heteroatoms. The highest BCUT2D eigenvalue weighted by atomic mass is 16.6. The van der Waals surface area contributed by atoms with Crippen LogP contribution in [0.5, 0.6) is 0 Å². The van der Waals surface area contributed by atoms with E-state index in [4.69, 9.17) is 4.74 Å². The molecule has 0 saturated heterocycles. The number of carbonyl (C=O) groups excluding carboxylic acids is 1. The Morgan fingerprint density at radius 3 is 2.12 bits per heavy atom. The highest BCUT2D eigenvalue weighted by Gasteiger charge is 2.44. The van der Waals surface area contributed by atoms with E-state index in [-0.39, 0.29) is 12.1 Å².